The molecule has 0 spiro atoms. The number of carboxylic acids is 1. The molecule has 0 heterocycles. The summed E-state index contributed by atoms with van der Waals surface area (Å²) in [6, 6.07) is 0. The second kappa shape index (κ2) is 10.4. The molecule has 0 fully saturated rings. The van der Waals surface area contributed by atoms with E-state index in [1.165, 1.54) is 6.92 Å². The molecule has 7 heteroatoms. The highest BCUT2D eigenvalue weighted by Crippen LogP contribution is 1.75. The van der Waals surface area contributed by atoms with Gasteiger partial charge in [-0.15, -0.1) is 0 Å². The van der Waals surface area contributed by atoms with E-state index in [4.69, 9.17) is 5.11 Å². The monoisotopic (exact) mass is 239 g/mol. The molecule has 0 aromatic carbocycles. The maximum atomic E-state index is 10.1. The van der Waals surface area contributed by atoms with Crippen LogP contribution >= 0.6 is 25.3 Å². The summed E-state index contributed by atoms with van der Waals surface area (Å²) in [5.41, 5.74) is 0. The second-order valence-corrected chi connectivity index (χ2v) is 2.86. The number of hydrogen-bond donors (Lipinski definition) is 4. The normalized spacial score (nSPS) is 8.21. The van der Waals surface area contributed by atoms with Crippen molar-refractivity contribution in [1.29, 1.82) is 0 Å². The van der Waals surface area contributed by atoms with Crippen LogP contribution in [0.1, 0.15) is 6.92 Å². The molecular formula is C7H13NO4S2. The SMILES string of the molecule is CC(=O)NCCS.O=C(O)C(=O)CS. The van der Waals surface area contributed by atoms with Crippen molar-refractivity contribution in [3.8, 4) is 0 Å². The Balaban J connectivity index is 0. The summed E-state index contributed by atoms with van der Waals surface area (Å²) in [4.78, 5) is 29.4. The number of nitrogens with one attached hydrogen (secondary N) is 1. The lowest BCUT2D eigenvalue weighted by Crippen LogP contribution is -2.21. The van der Waals surface area contributed by atoms with Crippen molar-refractivity contribution < 1.29 is 19.5 Å². The van der Waals surface area contributed by atoms with Crippen LogP contribution in [0.3, 0.4) is 0 Å². The number of amides is 1. The average Bonchev–Trinajstić information content (AvgIpc) is 2.14. The quantitative estimate of drug-likeness (QED) is 0.398. The number of Topliss-reactive ketones (excluding diaryl/α,β-unsaturated/α-hetero) is 1. The minimum atomic E-state index is -1.42. The van der Waals surface area contributed by atoms with Crippen molar-refractivity contribution in [2.24, 2.45) is 0 Å². The van der Waals surface area contributed by atoms with Crippen molar-refractivity contribution in [2.75, 3.05) is 18.1 Å². The third-order valence-electron chi connectivity index (χ3n) is 0.868. The molecule has 0 saturated heterocycles. The van der Waals surface area contributed by atoms with E-state index in [2.05, 4.69) is 30.6 Å². The summed E-state index contributed by atoms with van der Waals surface area (Å²) >= 11 is 7.31. The molecule has 0 atom stereocenters. The van der Waals surface area contributed by atoms with E-state index in [1.54, 1.807) is 0 Å². The van der Waals surface area contributed by atoms with Gasteiger partial charge in [0.2, 0.25) is 11.7 Å². The van der Waals surface area contributed by atoms with Crippen LogP contribution < -0.4 is 5.32 Å². The van der Waals surface area contributed by atoms with E-state index in [0.29, 0.717) is 12.3 Å². The number of carbonyl (C=O) groups excluding carboxylic acids is 2. The molecule has 0 aliphatic heterocycles. The Hall–Kier alpha value is -0.690. The lowest BCUT2D eigenvalue weighted by molar-refractivity contribution is -0.147. The molecule has 0 bridgehead atoms. The summed E-state index contributed by atoms with van der Waals surface area (Å²) in [5.74, 6) is -1.80. The maximum absolute atomic E-state index is 10.1. The summed E-state index contributed by atoms with van der Waals surface area (Å²) < 4.78 is 0. The Labute approximate surface area is 93.1 Å². The molecule has 0 unspecified atom stereocenters. The summed E-state index contributed by atoms with van der Waals surface area (Å²) in [6.45, 7) is 2.15. The molecule has 0 aliphatic carbocycles. The highest BCUT2D eigenvalue weighted by atomic mass is 32.1. The van der Waals surface area contributed by atoms with Crippen LogP contribution in [-0.4, -0.2) is 40.8 Å². The lowest BCUT2D eigenvalue weighted by Gasteiger charge is -1.93. The van der Waals surface area contributed by atoms with E-state index < -0.39 is 11.8 Å². The molecule has 5 nitrogen and oxygen atoms in total. The Bertz CT molecular complexity index is 208. The number of aliphatic carboxylic acids is 1. The third-order valence-corrected chi connectivity index (χ3v) is 1.38. The number of thiol groups is 2. The zero-order valence-electron chi connectivity index (χ0n) is 7.69. The predicted molar refractivity (Wildman–Crippen MR) is 59.0 cm³/mol. The predicted octanol–water partition coefficient (Wildman–Crippen LogP) is -0.378. The van der Waals surface area contributed by atoms with Gasteiger partial charge in [0, 0.05) is 19.2 Å². The van der Waals surface area contributed by atoms with Gasteiger partial charge < -0.3 is 10.4 Å². The molecule has 0 aromatic heterocycles. The number of hydrogen-bond acceptors (Lipinski definition) is 5. The number of ketones is 1. The number of rotatable bonds is 4. The van der Waals surface area contributed by atoms with Crippen LogP contribution in [0, 0.1) is 0 Å². The van der Waals surface area contributed by atoms with Crippen LogP contribution in [0.25, 0.3) is 0 Å². The van der Waals surface area contributed by atoms with Crippen LogP contribution in [0.2, 0.25) is 0 Å². The van der Waals surface area contributed by atoms with E-state index in [0.717, 1.165) is 0 Å². The Morgan fingerprint density at radius 1 is 1.29 bits per heavy atom. The van der Waals surface area contributed by atoms with Gasteiger partial charge in [0.25, 0.3) is 0 Å². The minimum absolute atomic E-state index is 0.00838. The van der Waals surface area contributed by atoms with E-state index >= 15 is 0 Å². The molecule has 0 aliphatic rings. The topological polar surface area (TPSA) is 83.5 Å². The van der Waals surface area contributed by atoms with Crippen molar-refractivity contribution >= 4 is 42.9 Å². The van der Waals surface area contributed by atoms with E-state index in [1.807, 2.05) is 0 Å². The van der Waals surface area contributed by atoms with Gasteiger partial charge in [0.1, 0.15) is 0 Å². The van der Waals surface area contributed by atoms with Gasteiger partial charge in [-0.2, -0.15) is 25.3 Å². The van der Waals surface area contributed by atoms with Crippen LogP contribution in [0.15, 0.2) is 0 Å². The van der Waals surface area contributed by atoms with Crippen molar-refractivity contribution in [3.05, 3.63) is 0 Å². The van der Waals surface area contributed by atoms with Gasteiger partial charge in [-0.3, -0.25) is 9.59 Å². The molecule has 0 rings (SSSR count). The van der Waals surface area contributed by atoms with Gasteiger partial charge in [-0.1, -0.05) is 0 Å². The van der Waals surface area contributed by atoms with E-state index in [-0.39, 0.29) is 11.7 Å². The van der Waals surface area contributed by atoms with Gasteiger partial charge in [-0.05, 0) is 0 Å². The van der Waals surface area contributed by atoms with Crippen molar-refractivity contribution in [3.63, 3.8) is 0 Å². The van der Waals surface area contributed by atoms with Crippen molar-refractivity contribution in [1.82, 2.24) is 5.32 Å². The molecule has 82 valence electrons. The molecule has 0 aromatic rings. The summed E-state index contributed by atoms with van der Waals surface area (Å²) in [7, 11) is 0. The first-order valence-corrected chi connectivity index (χ1v) is 4.94. The molecule has 2 N–H and O–H groups in total. The molecule has 14 heavy (non-hydrogen) atoms. The zero-order valence-corrected chi connectivity index (χ0v) is 9.48. The molecule has 1 amide bonds. The average molecular weight is 239 g/mol. The van der Waals surface area contributed by atoms with Gasteiger partial charge >= 0.3 is 5.97 Å². The maximum Gasteiger partial charge on any atom is 0.373 e. The highest BCUT2D eigenvalue weighted by Gasteiger charge is 2.05. The first kappa shape index (κ1) is 15.8. The lowest BCUT2D eigenvalue weighted by atomic mass is 10.5. The van der Waals surface area contributed by atoms with Crippen molar-refractivity contribution in [2.45, 2.75) is 6.92 Å². The third kappa shape index (κ3) is 13.9. The van der Waals surface area contributed by atoms with E-state index in [9.17, 15) is 14.4 Å². The van der Waals surface area contributed by atoms with Gasteiger partial charge in [0.15, 0.2) is 0 Å². The van der Waals surface area contributed by atoms with Crippen LogP contribution in [0.4, 0.5) is 0 Å². The molecule has 0 radical (unpaired) electrons. The highest BCUT2D eigenvalue weighted by molar-refractivity contribution is 7.81. The fraction of sp³-hybridized carbons (Fsp3) is 0.571. The summed E-state index contributed by atoms with van der Waals surface area (Å²) in [5, 5.41) is 10.4. The first-order valence-electron chi connectivity index (χ1n) is 3.68. The Morgan fingerprint density at radius 2 is 1.79 bits per heavy atom. The minimum Gasteiger partial charge on any atom is -0.475 e. The number of carbonyl (C=O) groups is 3. The smallest absolute Gasteiger partial charge is 0.373 e. The molecular weight excluding hydrogens is 226 g/mol. The fourth-order valence-corrected chi connectivity index (χ4v) is 0.547. The zero-order chi connectivity index (χ0) is 11.6. The van der Waals surface area contributed by atoms with Gasteiger partial charge in [-0.25, -0.2) is 4.79 Å². The van der Waals surface area contributed by atoms with Crippen LogP contribution in [0.5, 0.6) is 0 Å². The number of carboxylic acid groups (broad SMARTS) is 1. The molecule has 0 saturated carbocycles. The first-order chi connectivity index (χ1) is 6.45. The van der Waals surface area contributed by atoms with Gasteiger partial charge in [0.05, 0.1) is 5.75 Å². The fourth-order valence-electron chi connectivity index (χ4n) is 0.300. The van der Waals surface area contributed by atoms with Crippen LogP contribution in [-0.2, 0) is 14.4 Å². The Kier molecular flexibility index (Phi) is 11.7. The largest absolute Gasteiger partial charge is 0.475 e. The summed E-state index contributed by atoms with van der Waals surface area (Å²) in [6.07, 6.45) is 0. The standard InChI is InChI=1S/C4H9NOS.C3H4O3S/c1-4(6)5-2-3-7;4-2(1-7)3(5)6/h7H,2-3H2,1H3,(H,5,6);7H,1H2,(H,5,6). The second-order valence-electron chi connectivity index (χ2n) is 2.09. The Morgan fingerprint density at radius 3 is 1.86 bits per heavy atom.